The van der Waals surface area contributed by atoms with Crippen LogP contribution >= 0.6 is 0 Å². The van der Waals surface area contributed by atoms with Crippen molar-refractivity contribution in [3.63, 3.8) is 0 Å². The van der Waals surface area contributed by atoms with E-state index in [1.165, 1.54) is 5.56 Å². The van der Waals surface area contributed by atoms with Crippen LogP contribution in [0.15, 0.2) is 18.2 Å². The van der Waals surface area contributed by atoms with Gasteiger partial charge in [0.2, 0.25) is 0 Å². The molecule has 0 radical (unpaired) electrons. The first-order valence-electron chi connectivity index (χ1n) is 6.25. The van der Waals surface area contributed by atoms with Gasteiger partial charge in [0.15, 0.2) is 11.5 Å². The van der Waals surface area contributed by atoms with Crippen molar-refractivity contribution in [2.24, 2.45) is 5.41 Å². The molecule has 0 fully saturated rings. The Kier molecular flexibility index (Phi) is 5.48. The third-order valence-corrected chi connectivity index (χ3v) is 2.54. The summed E-state index contributed by atoms with van der Waals surface area (Å²) in [5, 5.41) is 0. The molecule has 0 aliphatic heterocycles. The minimum absolute atomic E-state index is 0.214. The summed E-state index contributed by atoms with van der Waals surface area (Å²) < 4.78 is 16.2. The molecule has 0 amide bonds. The van der Waals surface area contributed by atoms with E-state index in [4.69, 9.17) is 14.2 Å². The molecule has 0 unspecified atom stereocenters. The van der Waals surface area contributed by atoms with E-state index in [-0.39, 0.29) is 5.41 Å². The maximum absolute atomic E-state index is 5.80. The molecule has 0 bridgehead atoms. The Hall–Kier alpha value is -1.22. The van der Waals surface area contributed by atoms with Gasteiger partial charge in [-0.25, -0.2) is 0 Å². The highest BCUT2D eigenvalue weighted by molar-refractivity contribution is 5.47. The van der Waals surface area contributed by atoms with Gasteiger partial charge in [-0.05, 0) is 23.5 Å². The molecule has 1 aromatic carbocycles. The summed E-state index contributed by atoms with van der Waals surface area (Å²) in [5.74, 6) is 1.62. The Bertz CT molecular complexity index is 366. The average Bonchev–Trinajstić information content (AvgIpc) is 2.29. The zero-order chi connectivity index (χ0) is 13.6. The van der Waals surface area contributed by atoms with Gasteiger partial charge in [0.05, 0.1) is 13.7 Å². The quantitative estimate of drug-likeness (QED) is 0.727. The van der Waals surface area contributed by atoms with Crippen molar-refractivity contribution < 1.29 is 14.2 Å². The standard InChI is InChI=1S/C15H24O3/c1-15(2,3)11-12-7-6-8-13(17-5)14(12)18-10-9-16-4/h6-8H,9-11H2,1-5H3. The third kappa shape index (κ3) is 4.57. The molecular formula is C15H24O3. The fourth-order valence-corrected chi connectivity index (χ4v) is 1.82. The van der Waals surface area contributed by atoms with Crippen LogP contribution in [0.1, 0.15) is 26.3 Å². The van der Waals surface area contributed by atoms with Crippen molar-refractivity contribution in [1.82, 2.24) is 0 Å². The van der Waals surface area contributed by atoms with E-state index in [0.717, 1.165) is 17.9 Å². The van der Waals surface area contributed by atoms with E-state index < -0.39 is 0 Å². The second-order valence-corrected chi connectivity index (χ2v) is 5.53. The molecular weight excluding hydrogens is 228 g/mol. The predicted molar refractivity (Wildman–Crippen MR) is 73.5 cm³/mol. The molecule has 0 aromatic heterocycles. The van der Waals surface area contributed by atoms with Gasteiger partial charge in [0, 0.05) is 7.11 Å². The van der Waals surface area contributed by atoms with Crippen LogP contribution in [0.4, 0.5) is 0 Å². The molecule has 0 aliphatic carbocycles. The smallest absolute Gasteiger partial charge is 0.164 e. The fraction of sp³-hybridized carbons (Fsp3) is 0.600. The molecule has 18 heavy (non-hydrogen) atoms. The van der Waals surface area contributed by atoms with Crippen molar-refractivity contribution in [2.75, 3.05) is 27.4 Å². The predicted octanol–water partition coefficient (Wildman–Crippen LogP) is 3.31. The lowest BCUT2D eigenvalue weighted by Gasteiger charge is -2.21. The highest BCUT2D eigenvalue weighted by Crippen LogP contribution is 2.34. The van der Waals surface area contributed by atoms with Crippen LogP contribution in [0.5, 0.6) is 11.5 Å². The SMILES string of the molecule is COCCOc1c(CC(C)(C)C)cccc1OC. The molecule has 1 rings (SSSR count). The number of methoxy groups -OCH3 is 2. The van der Waals surface area contributed by atoms with E-state index in [1.54, 1.807) is 14.2 Å². The van der Waals surface area contributed by atoms with Crippen molar-refractivity contribution >= 4 is 0 Å². The van der Waals surface area contributed by atoms with Crippen molar-refractivity contribution in [3.8, 4) is 11.5 Å². The molecule has 0 N–H and O–H groups in total. The van der Waals surface area contributed by atoms with Gasteiger partial charge >= 0.3 is 0 Å². The van der Waals surface area contributed by atoms with Gasteiger partial charge < -0.3 is 14.2 Å². The normalized spacial score (nSPS) is 11.4. The van der Waals surface area contributed by atoms with Gasteiger partial charge in [0.25, 0.3) is 0 Å². The van der Waals surface area contributed by atoms with Gasteiger partial charge in [-0.2, -0.15) is 0 Å². The van der Waals surface area contributed by atoms with E-state index in [2.05, 4.69) is 26.8 Å². The topological polar surface area (TPSA) is 27.7 Å². The van der Waals surface area contributed by atoms with Gasteiger partial charge in [-0.3, -0.25) is 0 Å². The second-order valence-electron chi connectivity index (χ2n) is 5.53. The van der Waals surface area contributed by atoms with E-state index in [1.807, 2.05) is 12.1 Å². The maximum Gasteiger partial charge on any atom is 0.164 e. The van der Waals surface area contributed by atoms with Crippen LogP contribution in [-0.4, -0.2) is 27.4 Å². The first-order chi connectivity index (χ1) is 8.48. The lowest BCUT2D eigenvalue weighted by Crippen LogP contribution is -2.12. The summed E-state index contributed by atoms with van der Waals surface area (Å²) in [5.41, 5.74) is 1.39. The summed E-state index contributed by atoms with van der Waals surface area (Å²) in [6.45, 7) is 7.75. The summed E-state index contributed by atoms with van der Waals surface area (Å²) in [4.78, 5) is 0. The molecule has 0 spiro atoms. The zero-order valence-corrected chi connectivity index (χ0v) is 12.1. The summed E-state index contributed by atoms with van der Waals surface area (Å²) >= 11 is 0. The average molecular weight is 252 g/mol. The fourth-order valence-electron chi connectivity index (χ4n) is 1.82. The molecule has 3 nitrogen and oxygen atoms in total. The lowest BCUT2D eigenvalue weighted by atomic mass is 9.87. The molecule has 3 heteroatoms. The monoisotopic (exact) mass is 252 g/mol. The van der Waals surface area contributed by atoms with Crippen LogP contribution in [-0.2, 0) is 11.2 Å². The van der Waals surface area contributed by atoms with E-state index in [0.29, 0.717) is 13.2 Å². The van der Waals surface area contributed by atoms with Crippen LogP contribution in [0.25, 0.3) is 0 Å². The minimum atomic E-state index is 0.214. The van der Waals surface area contributed by atoms with Gasteiger partial charge in [-0.1, -0.05) is 32.9 Å². The first kappa shape index (κ1) is 14.8. The number of para-hydroxylation sites is 1. The maximum atomic E-state index is 5.80. The van der Waals surface area contributed by atoms with Crippen LogP contribution < -0.4 is 9.47 Å². The Morgan fingerprint density at radius 3 is 2.33 bits per heavy atom. The number of benzene rings is 1. The molecule has 0 saturated carbocycles. The molecule has 0 atom stereocenters. The number of ether oxygens (including phenoxy) is 3. The van der Waals surface area contributed by atoms with Crippen molar-refractivity contribution in [2.45, 2.75) is 27.2 Å². The highest BCUT2D eigenvalue weighted by Gasteiger charge is 2.17. The molecule has 0 aliphatic rings. The summed E-state index contributed by atoms with van der Waals surface area (Å²) in [6.07, 6.45) is 0.951. The zero-order valence-electron chi connectivity index (χ0n) is 12.1. The number of rotatable bonds is 6. The third-order valence-electron chi connectivity index (χ3n) is 2.54. The van der Waals surface area contributed by atoms with Crippen LogP contribution in [0.2, 0.25) is 0 Å². The van der Waals surface area contributed by atoms with Crippen LogP contribution in [0.3, 0.4) is 0 Å². The number of hydrogen-bond acceptors (Lipinski definition) is 3. The van der Waals surface area contributed by atoms with Gasteiger partial charge in [0.1, 0.15) is 6.61 Å². The number of hydrogen-bond donors (Lipinski definition) is 0. The van der Waals surface area contributed by atoms with Crippen molar-refractivity contribution in [3.05, 3.63) is 23.8 Å². The van der Waals surface area contributed by atoms with Gasteiger partial charge in [-0.15, -0.1) is 0 Å². The molecule has 0 heterocycles. The highest BCUT2D eigenvalue weighted by atomic mass is 16.5. The Labute approximate surface area is 110 Å². The Balaban J connectivity index is 2.93. The summed E-state index contributed by atoms with van der Waals surface area (Å²) in [7, 11) is 3.33. The van der Waals surface area contributed by atoms with Crippen molar-refractivity contribution in [1.29, 1.82) is 0 Å². The Morgan fingerprint density at radius 2 is 1.78 bits per heavy atom. The largest absolute Gasteiger partial charge is 0.493 e. The summed E-state index contributed by atoms with van der Waals surface area (Å²) in [6, 6.07) is 6.02. The molecule has 0 saturated heterocycles. The molecule has 102 valence electrons. The minimum Gasteiger partial charge on any atom is -0.493 e. The lowest BCUT2D eigenvalue weighted by molar-refractivity contribution is 0.143. The molecule has 1 aromatic rings. The first-order valence-corrected chi connectivity index (χ1v) is 6.25. The van der Waals surface area contributed by atoms with E-state index >= 15 is 0 Å². The second kappa shape index (κ2) is 6.64. The van der Waals surface area contributed by atoms with E-state index in [9.17, 15) is 0 Å². The van der Waals surface area contributed by atoms with Crippen LogP contribution in [0, 0.1) is 5.41 Å². The Morgan fingerprint density at radius 1 is 1.06 bits per heavy atom.